The average Bonchev–Trinajstić information content (AvgIpc) is 2.42. The minimum atomic E-state index is -0.219. The monoisotopic (exact) mass is 293 g/mol. The Morgan fingerprint density at radius 1 is 1.38 bits per heavy atom. The molecule has 0 saturated heterocycles. The molecule has 118 valence electrons. The van der Waals surface area contributed by atoms with Crippen molar-refractivity contribution in [1.82, 2.24) is 4.90 Å². The molecule has 0 aliphatic rings. The van der Waals surface area contributed by atoms with Crippen molar-refractivity contribution >= 4 is 17.3 Å². The molecule has 0 aliphatic heterocycles. The molecule has 0 bridgehead atoms. The normalized spacial score (nSPS) is 12.7. The third-order valence-electron chi connectivity index (χ3n) is 3.26. The molecule has 1 unspecified atom stereocenters. The molecule has 1 amide bonds. The predicted molar refractivity (Wildman–Crippen MR) is 87.2 cm³/mol. The van der Waals surface area contributed by atoms with Crippen molar-refractivity contribution in [3.05, 3.63) is 24.3 Å². The van der Waals surface area contributed by atoms with Crippen LogP contribution < -0.4 is 11.1 Å². The lowest BCUT2D eigenvalue weighted by atomic mass is 10.1. The standard InChI is InChI=1S/C16H27N3O2/c1-12(2)11-19(8-9-21-4)13(3)16(20)18-15-7-5-6-14(17)10-15/h5-7,10,12-13H,8-9,11,17H2,1-4H3,(H,18,20). The van der Waals surface area contributed by atoms with Crippen LogP contribution in [0.2, 0.25) is 0 Å². The van der Waals surface area contributed by atoms with Gasteiger partial charge in [-0.25, -0.2) is 0 Å². The van der Waals surface area contributed by atoms with Gasteiger partial charge < -0.3 is 15.8 Å². The Morgan fingerprint density at radius 3 is 2.67 bits per heavy atom. The highest BCUT2D eigenvalue weighted by Gasteiger charge is 2.21. The van der Waals surface area contributed by atoms with Crippen molar-refractivity contribution in [3.63, 3.8) is 0 Å². The maximum absolute atomic E-state index is 12.4. The number of ether oxygens (including phenoxy) is 1. The molecule has 1 atom stereocenters. The zero-order chi connectivity index (χ0) is 15.8. The van der Waals surface area contributed by atoms with Crippen LogP contribution in [0.15, 0.2) is 24.3 Å². The van der Waals surface area contributed by atoms with E-state index >= 15 is 0 Å². The minimum absolute atomic E-state index is 0.0302. The molecule has 0 heterocycles. The molecule has 5 heteroatoms. The lowest BCUT2D eigenvalue weighted by molar-refractivity contribution is -0.121. The van der Waals surface area contributed by atoms with E-state index in [2.05, 4.69) is 24.1 Å². The SMILES string of the molecule is COCCN(CC(C)C)C(C)C(=O)Nc1cccc(N)c1. The average molecular weight is 293 g/mol. The second-order valence-electron chi connectivity index (χ2n) is 5.67. The number of hydrogen-bond acceptors (Lipinski definition) is 4. The molecule has 0 fully saturated rings. The van der Waals surface area contributed by atoms with E-state index in [1.165, 1.54) is 0 Å². The molecule has 1 aromatic rings. The van der Waals surface area contributed by atoms with E-state index < -0.39 is 0 Å². The predicted octanol–water partition coefficient (Wildman–Crippen LogP) is 2.20. The first-order valence-electron chi connectivity index (χ1n) is 7.33. The summed E-state index contributed by atoms with van der Waals surface area (Å²) in [6.07, 6.45) is 0. The van der Waals surface area contributed by atoms with E-state index in [0.717, 1.165) is 18.8 Å². The van der Waals surface area contributed by atoms with Gasteiger partial charge in [0, 0.05) is 31.6 Å². The van der Waals surface area contributed by atoms with Crippen molar-refractivity contribution < 1.29 is 9.53 Å². The summed E-state index contributed by atoms with van der Waals surface area (Å²) in [5.41, 5.74) is 7.09. The van der Waals surface area contributed by atoms with E-state index in [1.54, 1.807) is 19.2 Å². The van der Waals surface area contributed by atoms with Gasteiger partial charge in [0.15, 0.2) is 0 Å². The number of methoxy groups -OCH3 is 1. The molecule has 5 nitrogen and oxygen atoms in total. The number of amides is 1. The van der Waals surface area contributed by atoms with Crippen molar-refractivity contribution in [1.29, 1.82) is 0 Å². The third-order valence-corrected chi connectivity index (χ3v) is 3.26. The number of hydrogen-bond donors (Lipinski definition) is 2. The van der Waals surface area contributed by atoms with Crippen molar-refractivity contribution in [2.75, 3.05) is 37.9 Å². The number of carbonyl (C=O) groups is 1. The summed E-state index contributed by atoms with van der Waals surface area (Å²) in [6.45, 7) is 8.40. The Hall–Kier alpha value is -1.59. The van der Waals surface area contributed by atoms with Crippen LogP contribution in [0.1, 0.15) is 20.8 Å². The fourth-order valence-electron chi connectivity index (χ4n) is 2.15. The molecule has 0 radical (unpaired) electrons. The first-order chi connectivity index (χ1) is 9.93. The van der Waals surface area contributed by atoms with Gasteiger partial charge in [0.05, 0.1) is 12.6 Å². The maximum Gasteiger partial charge on any atom is 0.241 e. The molecule has 0 aromatic heterocycles. The number of nitrogen functional groups attached to an aromatic ring is 1. The Bertz CT molecular complexity index is 449. The lowest BCUT2D eigenvalue weighted by Gasteiger charge is -2.29. The third kappa shape index (κ3) is 6.14. The van der Waals surface area contributed by atoms with E-state index in [9.17, 15) is 4.79 Å². The number of nitrogens with one attached hydrogen (secondary N) is 1. The van der Waals surface area contributed by atoms with Gasteiger partial charge in [0.2, 0.25) is 5.91 Å². The molecule has 3 N–H and O–H groups in total. The van der Waals surface area contributed by atoms with Gasteiger partial charge in [-0.05, 0) is 31.0 Å². The van der Waals surface area contributed by atoms with E-state index in [4.69, 9.17) is 10.5 Å². The van der Waals surface area contributed by atoms with E-state index in [-0.39, 0.29) is 11.9 Å². The first-order valence-corrected chi connectivity index (χ1v) is 7.33. The number of nitrogens with zero attached hydrogens (tertiary/aromatic N) is 1. The minimum Gasteiger partial charge on any atom is -0.399 e. The highest BCUT2D eigenvalue weighted by atomic mass is 16.5. The largest absolute Gasteiger partial charge is 0.399 e. The second-order valence-corrected chi connectivity index (χ2v) is 5.67. The molecule has 0 aliphatic carbocycles. The van der Waals surface area contributed by atoms with Crippen LogP contribution in [-0.2, 0) is 9.53 Å². The number of benzene rings is 1. The molecule has 1 rings (SSSR count). The summed E-state index contributed by atoms with van der Waals surface area (Å²) in [4.78, 5) is 14.5. The maximum atomic E-state index is 12.4. The van der Waals surface area contributed by atoms with Gasteiger partial charge >= 0.3 is 0 Å². The van der Waals surface area contributed by atoms with Crippen LogP contribution in [0.5, 0.6) is 0 Å². The summed E-state index contributed by atoms with van der Waals surface area (Å²) in [6, 6.07) is 6.99. The van der Waals surface area contributed by atoms with Gasteiger partial charge in [0.1, 0.15) is 0 Å². The quantitative estimate of drug-likeness (QED) is 0.721. The highest BCUT2D eigenvalue weighted by molar-refractivity contribution is 5.94. The Balaban J connectivity index is 2.68. The number of nitrogens with two attached hydrogens (primary N) is 1. The van der Waals surface area contributed by atoms with E-state index in [1.807, 2.05) is 19.1 Å². The number of carbonyl (C=O) groups excluding carboxylic acids is 1. The lowest BCUT2D eigenvalue weighted by Crippen LogP contribution is -2.45. The van der Waals surface area contributed by atoms with E-state index in [0.29, 0.717) is 18.2 Å². The Labute approximate surface area is 127 Å². The van der Waals surface area contributed by atoms with Gasteiger partial charge in [-0.2, -0.15) is 0 Å². The zero-order valence-electron chi connectivity index (χ0n) is 13.4. The van der Waals surface area contributed by atoms with Crippen molar-refractivity contribution in [2.45, 2.75) is 26.8 Å². The van der Waals surface area contributed by atoms with Gasteiger partial charge in [-0.15, -0.1) is 0 Å². The molecule has 0 saturated carbocycles. The smallest absolute Gasteiger partial charge is 0.241 e. The summed E-state index contributed by atoms with van der Waals surface area (Å²) in [7, 11) is 1.67. The van der Waals surface area contributed by atoms with Crippen LogP contribution in [0, 0.1) is 5.92 Å². The zero-order valence-corrected chi connectivity index (χ0v) is 13.4. The van der Waals surface area contributed by atoms with Crippen LogP contribution in [0.3, 0.4) is 0 Å². The summed E-state index contributed by atoms with van der Waals surface area (Å²) in [5, 5.41) is 2.91. The molecule has 21 heavy (non-hydrogen) atoms. The molecular formula is C16H27N3O2. The van der Waals surface area contributed by atoms with Crippen LogP contribution >= 0.6 is 0 Å². The Kier molecular flexibility index (Phi) is 7.19. The summed E-state index contributed by atoms with van der Waals surface area (Å²) in [5.74, 6) is 0.460. The molecular weight excluding hydrogens is 266 g/mol. The van der Waals surface area contributed by atoms with Gasteiger partial charge in [-0.3, -0.25) is 9.69 Å². The number of rotatable bonds is 8. The van der Waals surface area contributed by atoms with Gasteiger partial charge in [0.25, 0.3) is 0 Å². The summed E-state index contributed by atoms with van der Waals surface area (Å²) < 4.78 is 5.13. The first kappa shape index (κ1) is 17.5. The van der Waals surface area contributed by atoms with Crippen molar-refractivity contribution in [2.24, 2.45) is 5.92 Å². The molecule has 1 aromatic carbocycles. The van der Waals surface area contributed by atoms with Crippen LogP contribution in [-0.4, -0.2) is 43.7 Å². The summed E-state index contributed by atoms with van der Waals surface area (Å²) >= 11 is 0. The second kappa shape index (κ2) is 8.64. The Morgan fingerprint density at radius 2 is 2.10 bits per heavy atom. The topological polar surface area (TPSA) is 67.6 Å². The van der Waals surface area contributed by atoms with Gasteiger partial charge in [-0.1, -0.05) is 19.9 Å². The molecule has 0 spiro atoms. The van der Waals surface area contributed by atoms with Crippen molar-refractivity contribution in [3.8, 4) is 0 Å². The number of anilines is 2. The van der Waals surface area contributed by atoms with Crippen LogP contribution in [0.25, 0.3) is 0 Å². The fraction of sp³-hybridized carbons (Fsp3) is 0.562. The highest BCUT2D eigenvalue weighted by Crippen LogP contribution is 2.13. The van der Waals surface area contributed by atoms with Crippen LogP contribution in [0.4, 0.5) is 11.4 Å². The fourth-order valence-corrected chi connectivity index (χ4v) is 2.15.